The molecule has 6 saturated carbocycles. The van der Waals surface area contributed by atoms with Gasteiger partial charge in [-0.2, -0.15) is 11.8 Å². The first-order chi connectivity index (χ1) is 19.3. The van der Waals surface area contributed by atoms with Crippen LogP contribution in [-0.2, 0) is 4.74 Å². The van der Waals surface area contributed by atoms with Crippen molar-refractivity contribution in [3.8, 4) is 0 Å². The molecule has 0 aromatic carbocycles. The van der Waals surface area contributed by atoms with Crippen LogP contribution in [0.15, 0.2) is 0 Å². The fourth-order valence-corrected chi connectivity index (χ4v) is 15.1. The SMILES string of the molecule is C1CCC(N(C2CCCCC2)C2CCC(C3CCCC4C5CCC6OC7CCCCC7C6C5SC34)CC2)CC1. The lowest BCUT2D eigenvalue weighted by Crippen LogP contribution is -2.52. The predicted molar refractivity (Wildman–Crippen MR) is 164 cm³/mol. The Bertz CT molecular complexity index is 795. The Kier molecular flexibility index (Phi) is 8.09. The number of rotatable bonds is 4. The van der Waals surface area contributed by atoms with E-state index in [4.69, 9.17) is 4.74 Å². The van der Waals surface area contributed by atoms with E-state index in [9.17, 15) is 0 Å². The van der Waals surface area contributed by atoms with E-state index in [1.54, 1.807) is 32.1 Å². The average molecular weight is 554 g/mol. The molecule has 2 saturated heterocycles. The Hall–Kier alpha value is 0.270. The van der Waals surface area contributed by atoms with Crippen LogP contribution in [0.4, 0.5) is 0 Å². The van der Waals surface area contributed by atoms with Gasteiger partial charge in [0.2, 0.25) is 0 Å². The Morgan fingerprint density at radius 3 is 1.74 bits per heavy atom. The highest BCUT2D eigenvalue weighted by atomic mass is 32.2. The molecular formula is C36H59NOS. The highest BCUT2D eigenvalue weighted by molar-refractivity contribution is 8.00. The summed E-state index contributed by atoms with van der Waals surface area (Å²) in [4.78, 5) is 3.21. The zero-order chi connectivity index (χ0) is 25.8. The van der Waals surface area contributed by atoms with Gasteiger partial charge in [0.1, 0.15) is 0 Å². The quantitative estimate of drug-likeness (QED) is 0.344. The molecule has 8 aliphatic rings. The van der Waals surface area contributed by atoms with Crippen molar-refractivity contribution in [1.29, 1.82) is 0 Å². The second-order valence-electron chi connectivity index (χ2n) is 15.9. The number of ether oxygens (including phenoxy) is 1. The van der Waals surface area contributed by atoms with Gasteiger partial charge in [-0.3, -0.25) is 4.90 Å². The minimum Gasteiger partial charge on any atom is -0.374 e. The van der Waals surface area contributed by atoms with Gasteiger partial charge in [0.25, 0.3) is 0 Å². The Morgan fingerprint density at radius 1 is 0.410 bits per heavy atom. The second-order valence-corrected chi connectivity index (χ2v) is 17.3. The molecule has 6 aliphatic carbocycles. The first kappa shape index (κ1) is 26.9. The molecule has 39 heavy (non-hydrogen) atoms. The normalized spacial score (nSPS) is 49.3. The van der Waals surface area contributed by atoms with Crippen LogP contribution in [0.2, 0.25) is 0 Å². The fourth-order valence-electron chi connectivity index (χ4n) is 12.6. The van der Waals surface area contributed by atoms with Crippen molar-refractivity contribution in [2.75, 3.05) is 0 Å². The summed E-state index contributed by atoms with van der Waals surface area (Å²) in [7, 11) is 0. The lowest BCUT2D eigenvalue weighted by atomic mass is 9.62. The maximum absolute atomic E-state index is 6.79. The monoisotopic (exact) mass is 553 g/mol. The van der Waals surface area contributed by atoms with E-state index in [1.807, 2.05) is 0 Å². The van der Waals surface area contributed by atoms with Crippen molar-refractivity contribution in [1.82, 2.24) is 4.90 Å². The van der Waals surface area contributed by atoms with Crippen LogP contribution in [0.3, 0.4) is 0 Å². The van der Waals surface area contributed by atoms with Crippen molar-refractivity contribution >= 4 is 11.8 Å². The van der Waals surface area contributed by atoms with Gasteiger partial charge in [0.15, 0.2) is 0 Å². The van der Waals surface area contributed by atoms with E-state index >= 15 is 0 Å². The van der Waals surface area contributed by atoms with Crippen molar-refractivity contribution in [3.05, 3.63) is 0 Å². The van der Waals surface area contributed by atoms with Crippen LogP contribution in [0.1, 0.15) is 148 Å². The van der Waals surface area contributed by atoms with Gasteiger partial charge in [-0.25, -0.2) is 0 Å². The Labute approximate surface area is 244 Å². The van der Waals surface area contributed by atoms with E-state index < -0.39 is 0 Å². The number of nitrogens with zero attached hydrogens (tertiary/aromatic N) is 1. The zero-order valence-electron chi connectivity index (χ0n) is 25.0. The third-order valence-corrected chi connectivity index (χ3v) is 16.1. The zero-order valence-corrected chi connectivity index (χ0v) is 25.8. The Morgan fingerprint density at radius 2 is 1.00 bits per heavy atom. The molecule has 0 N–H and O–H groups in total. The summed E-state index contributed by atoms with van der Waals surface area (Å²) in [6.07, 6.45) is 35.8. The van der Waals surface area contributed by atoms with Crippen LogP contribution >= 0.6 is 11.8 Å². The lowest BCUT2D eigenvalue weighted by Gasteiger charge is -2.49. The standard InChI is InChI=1S/C36H59NOS/c1-3-10-25(11-4-1)37(26-12-5-2-6-13-26)27-20-18-24(19-21-27)28-15-9-16-29-30-22-23-33-34(36(30)39-35(28)29)31-14-7-8-17-32(31)38-33/h24-36H,1-23H2. The summed E-state index contributed by atoms with van der Waals surface area (Å²) in [5, 5.41) is 1.96. The first-order valence-corrected chi connectivity index (χ1v) is 19.4. The molecule has 0 aromatic heterocycles. The van der Waals surface area contributed by atoms with Crippen molar-refractivity contribution < 1.29 is 4.74 Å². The molecule has 0 bridgehead atoms. The average Bonchev–Trinajstić information content (AvgIpc) is 3.57. The molecule has 9 atom stereocenters. The van der Waals surface area contributed by atoms with Gasteiger partial charge in [-0.15, -0.1) is 0 Å². The number of fused-ring (bicyclic) bond motifs is 7. The summed E-state index contributed by atoms with van der Waals surface area (Å²) >= 11 is 2.57. The Balaban J connectivity index is 0.947. The summed E-state index contributed by atoms with van der Waals surface area (Å²) < 4.78 is 6.79. The van der Waals surface area contributed by atoms with Gasteiger partial charge in [-0.05, 0) is 119 Å². The van der Waals surface area contributed by atoms with E-state index in [0.717, 1.165) is 64.1 Å². The van der Waals surface area contributed by atoms with Gasteiger partial charge in [0.05, 0.1) is 12.2 Å². The van der Waals surface area contributed by atoms with Gasteiger partial charge < -0.3 is 4.74 Å². The maximum atomic E-state index is 6.79. The molecule has 9 unspecified atom stereocenters. The summed E-state index contributed by atoms with van der Waals surface area (Å²) in [6.45, 7) is 0. The summed E-state index contributed by atoms with van der Waals surface area (Å²) in [5.41, 5.74) is 0. The molecule has 0 aromatic rings. The highest BCUT2D eigenvalue weighted by Crippen LogP contribution is 2.63. The van der Waals surface area contributed by atoms with Crippen LogP contribution in [-0.4, -0.2) is 45.7 Å². The molecule has 8 fully saturated rings. The van der Waals surface area contributed by atoms with Crippen LogP contribution in [0.25, 0.3) is 0 Å². The van der Waals surface area contributed by atoms with Crippen LogP contribution in [0.5, 0.6) is 0 Å². The smallest absolute Gasteiger partial charge is 0.0621 e. The minimum atomic E-state index is 0.631. The molecule has 0 spiro atoms. The lowest BCUT2D eigenvalue weighted by molar-refractivity contribution is -0.00429. The van der Waals surface area contributed by atoms with Crippen molar-refractivity contribution in [2.24, 2.45) is 35.5 Å². The van der Waals surface area contributed by atoms with E-state index in [2.05, 4.69) is 16.7 Å². The van der Waals surface area contributed by atoms with Gasteiger partial charge in [-0.1, -0.05) is 57.8 Å². The van der Waals surface area contributed by atoms with Gasteiger partial charge in [0, 0.05) is 34.5 Å². The molecule has 2 nitrogen and oxygen atoms in total. The summed E-state index contributed by atoms with van der Waals surface area (Å²) in [5.74, 6) is 6.02. The number of hydrogen-bond donors (Lipinski definition) is 0. The molecule has 8 rings (SSSR count). The molecular weight excluding hydrogens is 494 g/mol. The molecule has 0 radical (unpaired) electrons. The van der Waals surface area contributed by atoms with E-state index in [-0.39, 0.29) is 0 Å². The third kappa shape index (κ3) is 5.01. The summed E-state index contributed by atoms with van der Waals surface area (Å²) in [6, 6.07) is 2.78. The topological polar surface area (TPSA) is 12.5 Å². The predicted octanol–water partition coefficient (Wildman–Crippen LogP) is 9.40. The van der Waals surface area contributed by atoms with Gasteiger partial charge >= 0.3 is 0 Å². The van der Waals surface area contributed by atoms with Crippen molar-refractivity contribution in [3.63, 3.8) is 0 Å². The molecule has 3 heteroatoms. The maximum Gasteiger partial charge on any atom is 0.0621 e. The molecule has 220 valence electrons. The van der Waals surface area contributed by atoms with Crippen LogP contribution < -0.4 is 0 Å². The highest BCUT2D eigenvalue weighted by Gasteiger charge is 2.59. The first-order valence-electron chi connectivity index (χ1n) is 18.4. The number of hydrogen-bond acceptors (Lipinski definition) is 3. The number of thioether (sulfide) groups is 1. The third-order valence-electron chi connectivity index (χ3n) is 14.2. The second kappa shape index (κ2) is 11.7. The molecule has 2 aliphatic heterocycles. The molecule has 2 heterocycles. The fraction of sp³-hybridized carbons (Fsp3) is 1.00. The van der Waals surface area contributed by atoms with E-state index in [0.29, 0.717) is 12.2 Å². The molecule has 0 amide bonds. The van der Waals surface area contributed by atoms with Crippen molar-refractivity contribution in [2.45, 2.75) is 189 Å². The van der Waals surface area contributed by atoms with Crippen LogP contribution in [0, 0.1) is 35.5 Å². The van der Waals surface area contributed by atoms with E-state index in [1.165, 1.54) is 116 Å². The minimum absolute atomic E-state index is 0.631. The largest absolute Gasteiger partial charge is 0.374 e.